The summed E-state index contributed by atoms with van der Waals surface area (Å²) in [4.78, 5) is 4.41. The van der Waals surface area contributed by atoms with Crippen LogP contribution < -0.4 is 5.32 Å². The van der Waals surface area contributed by atoms with E-state index < -0.39 is 5.54 Å². The van der Waals surface area contributed by atoms with Gasteiger partial charge in [0.25, 0.3) is 0 Å². The summed E-state index contributed by atoms with van der Waals surface area (Å²) in [6.07, 6.45) is 1.80. The Balaban J connectivity index is 2.60. The molecule has 0 bridgehead atoms. The van der Waals surface area contributed by atoms with Crippen LogP contribution in [0.15, 0.2) is 28.9 Å². The quantitative estimate of drug-likeness (QED) is 0.912. The van der Waals surface area contributed by atoms with Crippen LogP contribution in [0, 0.1) is 6.92 Å². The van der Waals surface area contributed by atoms with Crippen molar-refractivity contribution in [2.75, 3.05) is 11.9 Å². The molecular formula is C14H17BrN2O. The molecule has 0 unspecified atom stereocenters. The summed E-state index contributed by atoms with van der Waals surface area (Å²) >= 11 is 3.54. The number of aliphatic hydroxyl groups excluding tert-OH is 1. The molecule has 1 heterocycles. The van der Waals surface area contributed by atoms with Crippen LogP contribution in [-0.4, -0.2) is 22.2 Å². The first-order chi connectivity index (χ1) is 8.44. The number of hydrogen-bond acceptors (Lipinski definition) is 3. The number of pyridine rings is 1. The van der Waals surface area contributed by atoms with Gasteiger partial charge in [-0.3, -0.25) is 0 Å². The normalized spacial score (nSPS) is 11.8. The number of aromatic nitrogens is 1. The molecule has 0 radical (unpaired) electrons. The molecule has 3 nitrogen and oxygen atoms in total. The third kappa shape index (κ3) is 2.49. The van der Waals surface area contributed by atoms with E-state index in [4.69, 9.17) is 0 Å². The van der Waals surface area contributed by atoms with Crippen molar-refractivity contribution in [2.45, 2.75) is 26.3 Å². The predicted molar refractivity (Wildman–Crippen MR) is 79.0 cm³/mol. The van der Waals surface area contributed by atoms with E-state index in [0.29, 0.717) is 0 Å². The van der Waals surface area contributed by atoms with Gasteiger partial charge in [-0.1, -0.05) is 18.2 Å². The van der Waals surface area contributed by atoms with Crippen LogP contribution in [0.4, 0.5) is 5.82 Å². The lowest BCUT2D eigenvalue weighted by atomic mass is 10.0. The standard InChI is InChI=1S/C14H17BrN2O/c1-9-5-4-6-10-12(9)11(15)7-16-13(10)17-14(2,3)8-18/h4-7,18H,8H2,1-3H3,(H,16,17). The average molecular weight is 309 g/mol. The summed E-state index contributed by atoms with van der Waals surface area (Å²) < 4.78 is 0.989. The lowest BCUT2D eigenvalue weighted by molar-refractivity contribution is 0.234. The molecule has 2 rings (SSSR count). The van der Waals surface area contributed by atoms with E-state index in [2.05, 4.69) is 39.2 Å². The molecule has 96 valence electrons. The number of fused-ring (bicyclic) bond motifs is 1. The smallest absolute Gasteiger partial charge is 0.134 e. The van der Waals surface area contributed by atoms with Gasteiger partial charge in [0.15, 0.2) is 0 Å². The summed E-state index contributed by atoms with van der Waals surface area (Å²) in [5.41, 5.74) is 0.809. The van der Waals surface area contributed by atoms with E-state index in [-0.39, 0.29) is 6.61 Å². The molecule has 4 heteroatoms. The fraction of sp³-hybridized carbons (Fsp3) is 0.357. The van der Waals surface area contributed by atoms with E-state index >= 15 is 0 Å². The van der Waals surface area contributed by atoms with Crippen molar-refractivity contribution < 1.29 is 5.11 Å². The number of benzene rings is 1. The minimum absolute atomic E-state index is 0.0536. The van der Waals surface area contributed by atoms with Crippen LogP contribution in [0.2, 0.25) is 0 Å². The number of aryl methyl sites for hydroxylation is 1. The minimum atomic E-state index is -0.391. The first-order valence-electron chi connectivity index (χ1n) is 5.87. The fourth-order valence-corrected chi connectivity index (χ4v) is 2.53. The van der Waals surface area contributed by atoms with E-state index in [1.807, 2.05) is 26.0 Å². The Kier molecular flexibility index (Phi) is 3.59. The Morgan fingerprint density at radius 3 is 2.78 bits per heavy atom. The molecule has 0 spiro atoms. The van der Waals surface area contributed by atoms with Crippen molar-refractivity contribution in [1.82, 2.24) is 4.98 Å². The van der Waals surface area contributed by atoms with E-state index in [9.17, 15) is 5.11 Å². The molecular weight excluding hydrogens is 292 g/mol. The molecule has 0 aliphatic heterocycles. The predicted octanol–water partition coefficient (Wildman–Crippen LogP) is 3.49. The second-order valence-corrected chi connectivity index (χ2v) is 5.97. The molecule has 0 saturated heterocycles. The Morgan fingerprint density at radius 2 is 2.11 bits per heavy atom. The summed E-state index contributed by atoms with van der Waals surface area (Å²) in [7, 11) is 0. The van der Waals surface area contributed by atoms with Crippen LogP contribution in [0.3, 0.4) is 0 Å². The molecule has 2 aromatic rings. The molecule has 0 aliphatic carbocycles. The van der Waals surface area contributed by atoms with Crippen LogP contribution in [0.5, 0.6) is 0 Å². The number of nitrogens with one attached hydrogen (secondary N) is 1. The van der Waals surface area contributed by atoms with Crippen LogP contribution in [0.25, 0.3) is 10.8 Å². The first kappa shape index (κ1) is 13.3. The van der Waals surface area contributed by atoms with Crippen molar-refractivity contribution in [3.63, 3.8) is 0 Å². The maximum absolute atomic E-state index is 9.34. The highest BCUT2D eigenvalue weighted by Crippen LogP contribution is 2.31. The Bertz CT molecular complexity index is 573. The van der Waals surface area contributed by atoms with Gasteiger partial charge in [-0.25, -0.2) is 4.98 Å². The van der Waals surface area contributed by atoms with Gasteiger partial charge in [-0.15, -0.1) is 0 Å². The third-order valence-electron chi connectivity index (χ3n) is 2.93. The van der Waals surface area contributed by atoms with Crippen LogP contribution in [-0.2, 0) is 0 Å². The number of hydrogen-bond donors (Lipinski definition) is 2. The number of rotatable bonds is 3. The summed E-state index contributed by atoms with van der Waals surface area (Å²) in [6.45, 7) is 6.02. The van der Waals surface area contributed by atoms with E-state index in [1.165, 1.54) is 5.56 Å². The molecule has 18 heavy (non-hydrogen) atoms. The highest BCUT2D eigenvalue weighted by atomic mass is 79.9. The van der Waals surface area contributed by atoms with Crippen molar-refractivity contribution in [1.29, 1.82) is 0 Å². The minimum Gasteiger partial charge on any atom is -0.394 e. The second kappa shape index (κ2) is 4.86. The SMILES string of the molecule is Cc1cccc2c(NC(C)(C)CO)ncc(Br)c12. The van der Waals surface area contributed by atoms with Crippen molar-refractivity contribution in [3.8, 4) is 0 Å². The highest BCUT2D eigenvalue weighted by molar-refractivity contribution is 9.10. The number of aliphatic hydroxyl groups is 1. The Labute approximate surface area is 115 Å². The van der Waals surface area contributed by atoms with Gasteiger partial charge in [-0.2, -0.15) is 0 Å². The molecule has 1 aromatic carbocycles. The van der Waals surface area contributed by atoms with Gasteiger partial charge in [-0.05, 0) is 42.3 Å². The Hall–Kier alpha value is -1.13. The highest BCUT2D eigenvalue weighted by Gasteiger charge is 2.18. The van der Waals surface area contributed by atoms with E-state index in [1.54, 1.807) is 6.20 Å². The lowest BCUT2D eigenvalue weighted by Crippen LogP contribution is -2.35. The molecule has 0 atom stereocenters. The molecule has 0 amide bonds. The zero-order valence-electron chi connectivity index (χ0n) is 10.8. The molecule has 2 N–H and O–H groups in total. The van der Waals surface area contributed by atoms with E-state index in [0.717, 1.165) is 21.1 Å². The average Bonchev–Trinajstić information content (AvgIpc) is 2.33. The van der Waals surface area contributed by atoms with Crippen molar-refractivity contribution in [3.05, 3.63) is 34.4 Å². The van der Waals surface area contributed by atoms with Crippen LogP contribution >= 0.6 is 15.9 Å². The monoisotopic (exact) mass is 308 g/mol. The van der Waals surface area contributed by atoms with Crippen molar-refractivity contribution >= 4 is 32.5 Å². The van der Waals surface area contributed by atoms with Gasteiger partial charge in [0.05, 0.1) is 12.1 Å². The lowest BCUT2D eigenvalue weighted by Gasteiger charge is -2.25. The maximum atomic E-state index is 9.34. The summed E-state index contributed by atoms with van der Waals surface area (Å²) in [5.74, 6) is 0.802. The second-order valence-electron chi connectivity index (χ2n) is 5.12. The zero-order chi connectivity index (χ0) is 13.3. The molecule has 0 fully saturated rings. The third-order valence-corrected chi connectivity index (χ3v) is 3.53. The topological polar surface area (TPSA) is 45.1 Å². The maximum Gasteiger partial charge on any atom is 0.134 e. The van der Waals surface area contributed by atoms with Gasteiger partial charge in [0, 0.05) is 21.4 Å². The fourth-order valence-electron chi connectivity index (χ4n) is 1.90. The molecule has 1 aromatic heterocycles. The number of nitrogens with zero attached hydrogens (tertiary/aromatic N) is 1. The zero-order valence-corrected chi connectivity index (χ0v) is 12.4. The van der Waals surface area contributed by atoms with Gasteiger partial charge in [0.1, 0.15) is 5.82 Å². The van der Waals surface area contributed by atoms with Gasteiger partial charge in [0.2, 0.25) is 0 Å². The summed E-state index contributed by atoms with van der Waals surface area (Å²) in [6, 6.07) is 6.13. The van der Waals surface area contributed by atoms with Crippen LogP contribution in [0.1, 0.15) is 19.4 Å². The molecule has 0 aliphatic rings. The number of halogens is 1. The van der Waals surface area contributed by atoms with Gasteiger partial charge >= 0.3 is 0 Å². The largest absolute Gasteiger partial charge is 0.394 e. The summed E-state index contributed by atoms with van der Waals surface area (Å²) in [5, 5.41) is 14.8. The van der Waals surface area contributed by atoms with Gasteiger partial charge < -0.3 is 10.4 Å². The Morgan fingerprint density at radius 1 is 1.39 bits per heavy atom. The molecule has 0 saturated carbocycles. The first-order valence-corrected chi connectivity index (χ1v) is 6.67. The number of anilines is 1. The van der Waals surface area contributed by atoms with Crippen molar-refractivity contribution in [2.24, 2.45) is 0 Å².